The van der Waals surface area contributed by atoms with Crippen LogP contribution in [0.3, 0.4) is 0 Å². The van der Waals surface area contributed by atoms with Gasteiger partial charge < -0.3 is 9.47 Å². The number of hydrogen-bond donors (Lipinski definition) is 0. The van der Waals surface area contributed by atoms with Gasteiger partial charge in [0.1, 0.15) is 0 Å². The smallest absolute Gasteiger partial charge is 0.0575 e. The highest BCUT2D eigenvalue weighted by Gasteiger charge is 2.25. The van der Waals surface area contributed by atoms with Gasteiger partial charge in [0.15, 0.2) is 0 Å². The highest BCUT2D eigenvalue weighted by Crippen LogP contribution is 2.36. The fraction of sp³-hybridized carbons (Fsp3) is 0.316. The lowest BCUT2D eigenvalue weighted by Gasteiger charge is -2.26. The Kier molecular flexibility index (Phi) is 3.74. The predicted octanol–water partition coefficient (Wildman–Crippen LogP) is 4.40. The van der Waals surface area contributed by atoms with E-state index in [0.717, 1.165) is 24.0 Å². The summed E-state index contributed by atoms with van der Waals surface area (Å²) < 4.78 is 3.66. The van der Waals surface area contributed by atoms with Gasteiger partial charge in [-0.2, -0.15) is 0 Å². The Balaban J connectivity index is 1.96. The van der Waals surface area contributed by atoms with Crippen molar-refractivity contribution in [2.24, 2.45) is 0 Å². The molecule has 0 spiro atoms. The molecule has 0 aliphatic carbocycles. The number of rotatable bonds is 2. The lowest BCUT2D eigenvalue weighted by atomic mass is 10.0. The molecule has 0 fully saturated rings. The highest BCUT2D eigenvalue weighted by atomic mass is 79.9. The summed E-state index contributed by atoms with van der Waals surface area (Å²) in [7, 11) is 2.20. The molecule has 1 atom stereocenters. The second kappa shape index (κ2) is 5.77. The second-order valence-corrected chi connectivity index (χ2v) is 7.32. The molecule has 118 valence electrons. The van der Waals surface area contributed by atoms with Crippen LogP contribution < -0.4 is 0 Å². The second-order valence-electron chi connectivity index (χ2n) is 6.41. The topological polar surface area (TPSA) is 21.1 Å². The third-order valence-corrected chi connectivity index (χ3v) is 5.39. The molecule has 3 nitrogen and oxygen atoms in total. The monoisotopic (exact) mass is 369 g/mol. The Hall–Kier alpha value is -1.65. The minimum atomic E-state index is 0.291. The molecule has 0 amide bonds. The molecule has 0 bridgehead atoms. The number of likely N-dealkylation sites (N-methyl/N-ethyl adjacent to an activating group) is 1. The van der Waals surface area contributed by atoms with Gasteiger partial charge in [0.05, 0.1) is 6.04 Å². The molecule has 0 saturated carbocycles. The summed E-state index contributed by atoms with van der Waals surface area (Å²) in [6, 6.07) is 11.1. The van der Waals surface area contributed by atoms with Gasteiger partial charge in [0.25, 0.3) is 0 Å². The van der Waals surface area contributed by atoms with Crippen LogP contribution in [0.2, 0.25) is 0 Å². The van der Waals surface area contributed by atoms with E-state index in [2.05, 4.69) is 68.6 Å². The predicted molar refractivity (Wildman–Crippen MR) is 97.7 cm³/mol. The van der Waals surface area contributed by atoms with E-state index in [4.69, 9.17) is 0 Å². The summed E-state index contributed by atoms with van der Waals surface area (Å²) in [6.45, 7) is 4.41. The molecule has 2 aromatic heterocycles. The first-order valence-electron chi connectivity index (χ1n) is 8.05. The first-order chi connectivity index (χ1) is 11.1. The Morgan fingerprint density at radius 1 is 1.26 bits per heavy atom. The molecule has 1 aromatic carbocycles. The molecule has 3 aromatic rings. The number of benzene rings is 1. The third kappa shape index (κ3) is 2.50. The Morgan fingerprint density at radius 2 is 2.13 bits per heavy atom. The number of aromatic nitrogens is 2. The van der Waals surface area contributed by atoms with Crippen molar-refractivity contribution < 1.29 is 0 Å². The summed E-state index contributed by atoms with van der Waals surface area (Å²) in [5.74, 6) is 0. The maximum absolute atomic E-state index is 4.30. The fourth-order valence-electron chi connectivity index (χ4n) is 3.71. The zero-order valence-electron chi connectivity index (χ0n) is 13.5. The first-order valence-corrected chi connectivity index (χ1v) is 8.84. The zero-order chi connectivity index (χ0) is 16.0. The summed E-state index contributed by atoms with van der Waals surface area (Å²) in [4.78, 5) is 6.71. The Morgan fingerprint density at radius 3 is 2.91 bits per heavy atom. The Bertz CT molecular complexity index is 854. The molecule has 3 heterocycles. The largest absolute Gasteiger partial charge is 0.337 e. The number of nitrogens with zero attached hydrogens (tertiary/aromatic N) is 3. The van der Waals surface area contributed by atoms with Crippen molar-refractivity contribution >= 4 is 26.8 Å². The number of pyridine rings is 1. The molecule has 1 aliphatic rings. The molecule has 4 rings (SSSR count). The first kappa shape index (κ1) is 14.9. The van der Waals surface area contributed by atoms with Gasteiger partial charge in [-0.3, -0.25) is 4.98 Å². The van der Waals surface area contributed by atoms with E-state index in [0.29, 0.717) is 6.04 Å². The van der Waals surface area contributed by atoms with Gasteiger partial charge in [-0.05, 0) is 49.4 Å². The minimum Gasteiger partial charge on any atom is -0.337 e. The number of fused-ring (bicyclic) bond motifs is 3. The van der Waals surface area contributed by atoms with Crippen molar-refractivity contribution in [2.75, 3.05) is 13.6 Å². The normalized spacial score (nSPS) is 16.5. The average molecular weight is 370 g/mol. The third-order valence-electron chi connectivity index (χ3n) is 4.89. The molecular formula is C19H20BrN3. The van der Waals surface area contributed by atoms with Crippen molar-refractivity contribution in [1.29, 1.82) is 0 Å². The molecule has 23 heavy (non-hydrogen) atoms. The summed E-state index contributed by atoms with van der Waals surface area (Å²) in [5, 5.41) is 1.37. The van der Waals surface area contributed by atoms with E-state index in [9.17, 15) is 0 Å². The van der Waals surface area contributed by atoms with Crippen LogP contribution in [0.15, 0.2) is 47.2 Å². The molecular weight excluding hydrogens is 350 g/mol. The lowest BCUT2D eigenvalue weighted by molar-refractivity contribution is 0.308. The molecule has 4 heteroatoms. The maximum Gasteiger partial charge on any atom is 0.0575 e. The van der Waals surface area contributed by atoms with Gasteiger partial charge >= 0.3 is 0 Å². The molecule has 0 radical (unpaired) electrons. The summed E-state index contributed by atoms with van der Waals surface area (Å²) >= 11 is 3.63. The van der Waals surface area contributed by atoms with E-state index >= 15 is 0 Å². The fourth-order valence-corrected chi connectivity index (χ4v) is 4.08. The molecule has 1 aliphatic heterocycles. The number of hydrogen-bond acceptors (Lipinski definition) is 2. The van der Waals surface area contributed by atoms with Gasteiger partial charge in [-0.15, -0.1) is 0 Å². The highest BCUT2D eigenvalue weighted by molar-refractivity contribution is 9.10. The van der Waals surface area contributed by atoms with E-state index in [1.54, 1.807) is 0 Å². The van der Waals surface area contributed by atoms with E-state index in [-0.39, 0.29) is 0 Å². The van der Waals surface area contributed by atoms with Crippen LogP contribution in [0.25, 0.3) is 10.9 Å². The zero-order valence-corrected chi connectivity index (χ0v) is 15.0. The van der Waals surface area contributed by atoms with Crippen molar-refractivity contribution in [3.8, 4) is 0 Å². The van der Waals surface area contributed by atoms with Gasteiger partial charge in [-0.25, -0.2) is 0 Å². The van der Waals surface area contributed by atoms with Crippen molar-refractivity contribution in [3.63, 3.8) is 0 Å². The van der Waals surface area contributed by atoms with Crippen LogP contribution in [0.1, 0.15) is 29.8 Å². The lowest BCUT2D eigenvalue weighted by Crippen LogP contribution is -2.28. The maximum atomic E-state index is 4.30. The van der Waals surface area contributed by atoms with Crippen molar-refractivity contribution in [1.82, 2.24) is 14.5 Å². The standard InChI is InChI=1S/C19H20BrN3/c1-13(14-4-3-8-21-11-14)23-18-6-5-15(20)10-16(18)17-12-22(2)9-7-19(17)23/h3-6,8,10-11,13H,7,9,12H2,1-2H3. The van der Waals surface area contributed by atoms with Crippen LogP contribution in [-0.2, 0) is 13.0 Å². The summed E-state index contributed by atoms with van der Waals surface area (Å²) in [5.41, 5.74) is 5.54. The van der Waals surface area contributed by atoms with E-state index < -0.39 is 0 Å². The van der Waals surface area contributed by atoms with Crippen LogP contribution >= 0.6 is 15.9 Å². The summed E-state index contributed by atoms with van der Waals surface area (Å²) in [6.07, 6.45) is 4.92. The molecule has 0 N–H and O–H groups in total. The van der Waals surface area contributed by atoms with E-state index in [1.165, 1.54) is 27.7 Å². The van der Waals surface area contributed by atoms with Crippen molar-refractivity contribution in [2.45, 2.75) is 25.9 Å². The average Bonchev–Trinajstić information content (AvgIpc) is 2.88. The van der Waals surface area contributed by atoms with E-state index in [1.807, 2.05) is 18.5 Å². The van der Waals surface area contributed by atoms with Gasteiger partial charge in [-0.1, -0.05) is 22.0 Å². The van der Waals surface area contributed by atoms with Crippen LogP contribution in [0, 0.1) is 0 Å². The minimum absolute atomic E-state index is 0.291. The quantitative estimate of drug-likeness (QED) is 0.667. The Labute approximate surface area is 145 Å². The van der Waals surface area contributed by atoms with Crippen molar-refractivity contribution in [3.05, 3.63) is 64.0 Å². The SMILES string of the molecule is CC(c1cccnc1)n1c2c(c3cc(Br)ccc31)CN(C)CC2. The number of halogens is 1. The van der Waals surface area contributed by atoms with Crippen LogP contribution in [0.4, 0.5) is 0 Å². The van der Waals surface area contributed by atoms with Gasteiger partial charge in [0.2, 0.25) is 0 Å². The molecule has 1 unspecified atom stereocenters. The molecule has 0 saturated heterocycles. The van der Waals surface area contributed by atoms with Gasteiger partial charge in [0, 0.05) is 53.0 Å². The van der Waals surface area contributed by atoms with Crippen LogP contribution in [-0.4, -0.2) is 28.0 Å². The van der Waals surface area contributed by atoms with Crippen LogP contribution in [0.5, 0.6) is 0 Å².